The fraction of sp³-hybridized carbons (Fsp3) is 0.375. The summed E-state index contributed by atoms with van der Waals surface area (Å²) in [5, 5.41) is 3.33. The van der Waals surface area contributed by atoms with E-state index in [0.717, 1.165) is 0 Å². The van der Waals surface area contributed by atoms with Crippen molar-refractivity contribution >= 4 is 11.7 Å². The first kappa shape index (κ1) is 17.9. The van der Waals surface area contributed by atoms with Crippen LogP contribution in [0.4, 0.5) is 19.0 Å². The van der Waals surface area contributed by atoms with E-state index in [2.05, 4.69) is 19.6 Å². The van der Waals surface area contributed by atoms with Crippen LogP contribution < -0.4 is 4.90 Å². The highest BCUT2D eigenvalue weighted by Crippen LogP contribution is 2.29. The first-order valence-electron chi connectivity index (χ1n) is 7.92. The minimum atomic E-state index is -4.68. The Kier molecular flexibility index (Phi) is 4.92. The number of piperazine rings is 1. The molecule has 0 atom stereocenters. The number of nitrogens with zero attached hydrogens (tertiary/aromatic N) is 5. The van der Waals surface area contributed by atoms with Crippen molar-refractivity contribution in [2.24, 2.45) is 0 Å². The fourth-order valence-corrected chi connectivity index (χ4v) is 2.57. The zero-order valence-corrected chi connectivity index (χ0v) is 13.9. The van der Waals surface area contributed by atoms with Gasteiger partial charge in [0.05, 0.1) is 0 Å². The summed E-state index contributed by atoms with van der Waals surface area (Å²) in [5.74, 6) is -0.906. The lowest BCUT2D eigenvalue weighted by atomic mass is 10.2. The van der Waals surface area contributed by atoms with E-state index in [1.165, 1.54) is 12.3 Å². The number of pyridine rings is 1. The maximum atomic E-state index is 12.5. The average molecular weight is 367 g/mol. The molecule has 2 aromatic rings. The van der Waals surface area contributed by atoms with Crippen LogP contribution >= 0.6 is 0 Å². The molecule has 0 aliphatic carbocycles. The molecule has 0 radical (unpaired) electrons. The third kappa shape index (κ3) is 3.84. The van der Waals surface area contributed by atoms with Gasteiger partial charge in [-0.3, -0.25) is 4.79 Å². The van der Waals surface area contributed by atoms with E-state index in [1.807, 2.05) is 4.90 Å². The molecule has 3 heterocycles. The van der Waals surface area contributed by atoms with Gasteiger partial charge in [0.1, 0.15) is 5.82 Å². The third-order valence-corrected chi connectivity index (χ3v) is 3.90. The lowest BCUT2D eigenvalue weighted by Crippen LogP contribution is -2.48. The summed E-state index contributed by atoms with van der Waals surface area (Å²) >= 11 is 0. The Labute approximate surface area is 147 Å². The molecule has 7 nitrogen and oxygen atoms in total. The highest BCUT2D eigenvalue weighted by Gasteiger charge is 2.38. The van der Waals surface area contributed by atoms with Crippen molar-refractivity contribution in [2.45, 2.75) is 13.1 Å². The van der Waals surface area contributed by atoms with Crippen LogP contribution in [0.3, 0.4) is 0 Å². The summed E-state index contributed by atoms with van der Waals surface area (Å²) in [6.07, 6.45) is -0.0413. The van der Waals surface area contributed by atoms with Crippen molar-refractivity contribution < 1.29 is 22.5 Å². The molecular formula is C16H16F3N5O2. The Hall–Kier alpha value is -2.91. The predicted octanol–water partition coefficient (Wildman–Crippen LogP) is 2.38. The Morgan fingerprint density at radius 1 is 1.23 bits per heavy atom. The van der Waals surface area contributed by atoms with Crippen molar-refractivity contribution in [3.8, 4) is 11.4 Å². The molecule has 0 spiro atoms. The molecule has 1 saturated heterocycles. The first-order chi connectivity index (χ1) is 12.4. The number of carbonyl (C=O) groups is 1. The number of aromatic nitrogens is 3. The van der Waals surface area contributed by atoms with Crippen LogP contribution in [0.15, 0.2) is 35.0 Å². The van der Waals surface area contributed by atoms with Gasteiger partial charge in [0.2, 0.25) is 11.7 Å². The maximum absolute atomic E-state index is 12.5. The van der Waals surface area contributed by atoms with Crippen LogP contribution in [-0.2, 0) is 11.0 Å². The second-order valence-electron chi connectivity index (χ2n) is 5.64. The van der Waals surface area contributed by atoms with Gasteiger partial charge in [0.25, 0.3) is 0 Å². The minimum absolute atomic E-state index is 0.0203. The standard InChI is InChI=1S/C16H16F3N5O2/c1-2-3-13(25)24-8-6-23(7-9-24)12-5-4-11(10-20-12)14-21-15(26-22-14)16(17,18)19/h2-5,10H,6-9H2,1H3/b3-2-. The smallest absolute Gasteiger partial charge is 0.353 e. The van der Waals surface area contributed by atoms with E-state index >= 15 is 0 Å². The van der Waals surface area contributed by atoms with Gasteiger partial charge in [-0.15, -0.1) is 0 Å². The Morgan fingerprint density at radius 3 is 2.50 bits per heavy atom. The summed E-state index contributed by atoms with van der Waals surface area (Å²) in [4.78, 5) is 23.2. The molecule has 0 unspecified atom stereocenters. The summed E-state index contributed by atoms with van der Waals surface area (Å²) in [6, 6.07) is 3.27. The Bertz CT molecular complexity index is 793. The van der Waals surface area contributed by atoms with Crippen LogP contribution in [0.2, 0.25) is 0 Å². The van der Waals surface area contributed by atoms with E-state index < -0.39 is 12.1 Å². The zero-order valence-electron chi connectivity index (χ0n) is 13.9. The van der Waals surface area contributed by atoms with E-state index in [4.69, 9.17) is 0 Å². The first-order valence-corrected chi connectivity index (χ1v) is 7.92. The molecule has 10 heteroatoms. The molecule has 1 aliphatic heterocycles. The molecule has 1 amide bonds. The van der Waals surface area contributed by atoms with Gasteiger partial charge in [-0.2, -0.15) is 18.2 Å². The zero-order chi connectivity index (χ0) is 18.7. The monoisotopic (exact) mass is 367 g/mol. The van der Waals surface area contributed by atoms with E-state index in [1.54, 1.807) is 30.0 Å². The summed E-state index contributed by atoms with van der Waals surface area (Å²) in [6.45, 7) is 4.19. The molecule has 0 aromatic carbocycles. The van der Waals surface area contributed by atoms with Crippen molar-refractivity contribution in [2.75, 3.05) is 31.1 Å². The Balaban J connectivity index is 1.65. The predicted molar refractivity (Wildman–Crippen MR) is 86.1 cm³/mol. The molecule has 0 saturated carbocycles. The molecule has 0 bridgehead atoms. The van der Waals surface area contributed by atoms with Crippen LogP contribution in [-0.4, -0.2) is 52.1 Å². The van der Waals surface area contributed by atoms with Crippen molar-refractivity contribution in [3.05, 3.63) is 36.4 Å². The molecule has 2 aromatic heterocycles. The normalized spacial score (nSPS) is 15.7. The molecule has 138 valence electrons. The number of allylic oxidation sites excluding steroid dienone is 1. The molecule has 1 aliphatic rings. The number of anilines is 1. The number of amides is 1. The number of hydrogen-bond donors (Lipinski definition) is 0. The third-order valence-electron chi connectivity index (χ3n) is 3.90. The van der Waals surface area contributed by atoms with Crippen molar-refractivity contribution in [1.29, 1.82) is 0 Å². The summed E-state index contributed by atoms with van der Waals surface area (Å²) in [5.41, 5.74) is 0.329. The average Bonchev–Trinajstić information content (AvgIpc) is 3.13. The second-order valence-corrected chi connectivity index (χ2v) is 5.64. The Morgan fingerprint density at radius 2 is 1.96 bits per heavy atom. The van der Waals surface area contributed by atoms with Gasteiger partial charge < -0.3 is 14.3 Å². The summed E-state index contributed by atoms with van der Waals surface area (Å²) in [7, 11) is 0. The SMILES string of the molecule is C/C=C\C(=O)N1CCN(c2ccc(-c3noc(C(F)(F)F)n3)cn2)CC1. The van der Waals surface area contributed by atoms with E-state index in [0.29, 0.717) is 37.6 Å². The molecule has 0 N–H and O–H groups in total. The number of hydrogen-bond acceptors (Lipinski definition) is 6. The van der Waals surface area contributed by atoms with Gasteiger partial charge in [0, 0.05) is 37.9 Å². The highest BCUT2D eigenvalue weighted by molar-refractivity contribution is 5.87. The van der Waals surface area contributed by atoms with Crippen LogP contribution in [0.5, 0.6) is 0 Å². The summed E-state index contributed by atoms with van der Waals surface area (Å²) < 4.78 is 41.7. The van der Waals surface area contributed by atoms with Crippen LogP contribution in [0.1, 0.15) is 12.8 Å². The molecule has 3 rings (SSSR count). The largest absolute Gasteiger partial charge is 0.471 e. The van der Waals surface area contributed by atoms with E-state index in [9.17, 15) is 18.0 Å². The second kappa shape index (κ2) is 7.14. The minimum Gasteiger partial charge on any atom is -0.353 e. The number of carbonyl (C=O) groups excluding carboxylic acids is 1. The van der Waals surface area contributed by atoms with Gasteiger partial charge in [-0.05, 0) is 25.1 Å². The molecular weight excluding hydrogens is 351 g/mol. The van der Waals surface area contributed by atoms with Gasteiger partial charge in [-0.1, -0.05) is 11.2 Å². The van der Waals surface area contributed by atoms with Crippen LogP contribution in [0.25, 0.3) is 11.4 Å². The fourth-order valence-electron chi connectivity index (χ4n) is 2.57. The molecule has 1 fully saturated rings. The van der Waals surface area contributed by atoms with E-state index in [-0.39, 0.29) is 11.7 Å². The quantitative estimate of drug-likeness (QED) is 0.776. The van der Waals surface area contributed by atoms with Gasteiger partial charge >= 0.3 is 12.1 Å². The maximum Gasteiger partial charge on any atom is 0.471 e. The highest BCUT2D eigenvalue weighted by atomic mass is 19.4. The van der Waals surface area contributed by atoms with Gasteiger partial charge in [0.15, 0.2) is 0 Å². The van der Waals surface area contributed by atoms with Crippen LogP contribution in [0, 0.1) is 0 Å². The number of halogens is 3. The van der Waals surface area contributed by atoms with Crippen molar-refractivity contribution in [3.63, 3.8) is 0 Å². The van der Waals surface area contributed by atoms with Gasteiger partial charge in [-0.25, -0.2) is 4.98 Å². The van der Waals surface area contributed by atoms with Crippen molar-refractivity contribution in [1.82, 2.24) is 20.0 Å². The topological polar surface area (TPSA) is 75.4 Å². The molecule has 26 heavy (non-hydrogen) atoms. The lowest BCUT2D eigenvalue weighted by molar-refractivity contribution is -0.159. The number of rotatable bonds is 3. The number of alkyl halides is 3. The lowest BCUT2D eigenvalue weighted by Gasteiger charge is -2.35.